The van der Waals surface area contributed by atoms with Crippen LogP contribution in [0.25, 0.3) is 0 Å². The van der Waals surface area contributed by atoms with E-state index in [-0.39, 0.29) is 0 Å². The molecule has 50 valence electrons. The first-order valence-electron chi connectivity index (χ1n) is 1.99. The van der Waals surface area contributed by atoms with E-state index in [4.69, 9.17) is 16.7 Å². The van der Waals surface area contributed by atoms with Crippen LogP contribution in [0, 0.1) is 0 Å². The number of allylic oxidation sites excluding steroid dienone is 2. The average Bonchev–Trinajstić information content (AvgIpc) is 1.84. The molecule has 0 aliphatic heterocycles. The molecule has 0 fully saturated rings. The molecule has 2 nitrogen and oxygen atoms in total. The number of carbonyl (C=O) groups is 1. The van der Waals surface area contributed by atoms with E-state index in [9.17, 15) is 13.6 Å². The van der Waals surface area contributed by atoms with E-state index in [2.05, 4.69) is 0 Å². The maximum atomic E-state index is 11.8. The summed E-state index contributed by atoms with van der Waals surface area (Å²) < 4.78 is 23.7. The number of hydrogen-bond donors (Lipinski definition) is 1. The molecule has 0 aromatic rings. The van der Waals surface area contributed by atoms with Gasteiger partial charge in [0, 0.05) is 0 Å². The predicted octanol–water partition coefficient (Wildman–Crippen LogP) is 1.21. The van der Waals surface area contributed by atoms with Gasteiger partial charge >= 0.3 is 5.92 Å². The first kappa shape index (κ1) is 6.48. The molecule has 0 aromatic heterocycles. The van der Waals surface area contributed by atoms with E-state index >= 15 is 0 Å². The van der Waals surface area contributed by atoms with Gasteiger partial charge in [0.05, 0.1) is 0 Å². The van der Waals surface area contributed by atoms with E-state index in [1.807, 2.05) is 0 Å². The monoisotopic (exact) mass is 154 g/mol. The molecule has 0 unspecified atom stereocenters. The van der Waals surface area contributed by atoms with E-state index in [1.54, 1.807) is 0 Å². The van der Waals surface area contributed by atoms with Crippen molar-refractivity contribution in [2.45, 2.75) is 5.92 Å². The van der Waals surface area contributed by atoms with Crippen LogP contribution < -0.4 is 0 Å². The molecular weight excluding hydrogens is 153 g/mol. The zero-order valence-electron chi connectivity index (χ0n) is 3.99. The van der Waals surface area contributed by atoms with Crippen molar-refractivity contribution in [3.05, 3.63) is 10.8 Å². The van der Waals surface area contributed by atoms with Crippen molar-refractivity contribution in [3.8, 4) is 0 Å². The third kappa shape index (κ3) is 0.564. The Morgan fingerprint density at radius 3 is 2.11 bits per heavy atom. The molecule has 1 N–H and O–H groups in total. The summed E-state index contributed by atoms with van der Waals surface area (Å²) in [6, 6.07) is 0. The maximum absolute atomic E-state index is 11.8. The van der Waals surface area contributed by atoms with Crippen LogP contribution in [0.5, 0.6) is 0 Å². The van der Waals surface area contributed by atoms with Crippen LogP contribution in [-0.2, 0) is 4.79 Å². The molecule has 0 heterocycles. The highest BCUT2D eigenvalue weighted by molar-refractivity contribution is 6.47. The lowest BCUT2D eigenvalue weighted by molar-refractivity contribution is -0.143. The van der Waals surface area contributed by atoms with E-state index < -0.39 is 22.5 Å². The van der Waals surface area contributed by atoms with E-state index in [0.717, 1.165) is 0 Å². The number of hydrogen-bond acceptors (Lipinski definition) is 2. The highest BCUT2D eigenvalue weighted by Crippen LogP contribution is 2.39. The normalized spacial score (nSPS) is 24.1. The van der Waals surface area contributed by atoms with Gasteiger partial charge in [0.25, 0.3) is 5.78 Å². The lowest BCUT2D eigenvalue weighted by Gasteiger charge is -2.22. The number of carbonyl (C=O) groups excluding carboxylic acids is 1. The molecule has 5 heteroatoms. The van der Waals surface area contributed by atoms with Crippen molar-refractivity contribution < 1.29 is 18.7 Å². The van der Waals surface area contributed by atoms with E-state index in [0.29, 0.717) is 0 Å². The zero-order chi connectivity index (χ0) is 7.23. The number of aliphatic hydroxyl groups excluding tert-OH is 1. The summed E-state index contributed by atoms with van der Waals surface area (Å²) in [4.78, 5) is 9.99. The topological polar surface area (TPSA) is 37.3 Å². The maximum Gasteiger partial charge on any atom is 0.368 e. The Labute approximate surface area is 53.7 Å². The van der Waals surface area contributed by atoms with Crippen molar-refractivity contribution in [1.29, 1.82) is 0 Å². The number of rotatable bonds is 0. The fourth-order valence-corrected chi connectivity index (χ4v) is 0.666. The van der Waals surface area contributed by atoms with Gasteiger partial charge in [-0.2, -0.15) is 8.78 Å². The fourth-order valence-electron chi connectivity index (χ4n) is 0.428. The Morgan fingerprint density at radius 1 is 1.56 bits per heavy atom. The van der Waals surface area contributed by atoms with Crippen molar-refractivity contribution in [2.75, 3.05) is 0 Å². The summed E-state index contributed by atoms with van der Waals surface area (Å²) >= 11 is 4.83. The van der Waals surface area contributed by atoms with Gasteiger partial charge < -0.3 is 5.11 Å². The van der Waals surface area contributed by atoms with Crippen LogP contribution in [0.1, 0.15) is 0 Å². The third-order valence-corrected chi connectivity index (χ3v) is 1.34. The summed E-state index contributed by atoms with van der Waals surface area (Å²) in [6.07, 6.45) is 0. The minimum Gasteiger partial charge on any atom is -0.505 e. The van der Waals surface area contributed by atoms with Gasteiger partial charge in [-0.3, -0.25) is 4.79 Å². The smallest absolute Gasteiger partial charge is 0.368 e. The molecule has 0 radical (unpaired) electrons. The first-order valence-corrected chi connectivity index (χ1v) is 2.37. The van der Waals surface area contributed by atoms with Gasteiger partial charge in [-0.05, 0) is 0 Å². The second-order valence-corrected chi connectivity index (χ2v) is 1.94. The molecule has 0 atom stereocenters. The van der Waals surface area contributed by atoms with Gasteiger partial charge in [0.2, 0.25) is 0 Å². The molecule has 1 aliphatic rings. The van der Waals surface area contributed by atoms with Crippen LogP contribution in [-0.4, -0.2) is 16.8 Å². The molecule has 0 saturated heterocycles. The first-order chi connectivity index (χ1) is 3.98. The highest BCUT2D eigenvalue weighted by atomic mass is 35.5. The largest absolute Gasteiger partial charge is 0.505 e. The predicted molar refractivity (Wildman–Crippen MR) is 25.5 cm³/mol. The third-order valence-electron chi connectivity index (χ3n) is 0.990. The summed E-state index contributed by atoms with van der Waals surface area (Å²) in [5.41, 5.74) is 0. The lowest BCUT2D eigenvalue weighted by Crippen LogP contribution is -2.41. The highest BCUT2D eigenvalue weighted by Gasteiger charge is 2.56. The standard InChI is InChI=1S/C4HClF2O2/c5-1-2(8)4(6,7)3(1)9/h8H. The Bertz CT molecular complexity index is 209. The molecule has 0 spiro atoms. The Kier molecular flexibility index (Phi) is 1.04. The van der Waals surface area contributed by atoms with Gasteiger partial charge in [-0.25, -0.2) is 0 Å². The van der Waals surface area contributed by atoms with Crippen LogP contribution in [0.4, 0.5) is 8.78 Å². The van der Waals surface area contributed by atoms with Crippen LogP contribution in [0.2, 0.25) is 0 Å². The summed E-state index contributed by atoms with van der Waals surface area (Å²) in [6.45, 7) is 0. The van der Waals surface area contributed by atoms with Crippen LogP contribution >= 0.6 is 11.6 Å². The molecule has 0 saturated carbocycles. The molecule has 1 aliphatic carbocycles. The van der Waals surface area contributed by atoms with Gasteiger partial charge in [0.15, 0.2) is 5.76 Å². The Hall–Kier alpha value is -0.640. The molecule has 0 aromatic carbocycles. The summed E-state index contributed by atoms with van der Waals surface area (Å²) in [5, 5.41) is 7.43. The summed E-state index contributed by atoms with van der Waals surface area (Å²) in [5.74, 6) is -6.56. The lowest BCUT2D eigenvalue weighted by atomic mass is 10.0. The number of Topliss-reactive ketones (excluding diaryl/α,β-unsaturated/α-hetero) is 1. The quantitative estimate of drug-likeness (QED) is 0.570. The minimum atomic E-state index is -3.73. The molecule has 1 rings (SSSR count). The SMILES string of the molecule is O=C1C(Cl)=C(O)C1(F)F. The Balaban J connectivity index is 3.06. The average molecular weight is 154 g/mol. The van der Waals surface area contributed by atoms with Crippen molar-refractivity contribution >= 4 is 17.4 Å². The minimum absolute atomic E-state index is 0.764. The van der Waals surface area contributed by atoms with Gasteiger partial charge in [-0.1, -0.05) is 11.6 Å². The Morgan fingerprint density at radius 2 is 2.00 bits per heavy atom. The van der Waals surface area contributed by atoms with Gasteiger partial charge in [-0.15, -0.1) is 0 Å². The number of aliphatic hydroxyl groups is 1. The van der Waals surface area contributed by atoms with Crippen LogP contribution in [0.15, 0.2) is 10.8 Å². The number of halogens is 3. The van der Waals surface area contributed by atoms with Crippen LogP contribution in [0.3, 0.4) is 0 Å². The molecule has 9 heavy (non-hydrogen) atoms. The van der Waals surface area contributed by atoms with Crippen molar-refractivity contribution in [2.24, 2.45) is 0 Å². The van der Waals surface area contributed by atoms with Gasteiger partial charge in [0.1, 0.15) is 5.03 Å². The number of alkyl halides is 2. The fraction of sp³-hybridized carbons (Fsp3) is 0.250. The molecule has 0 amide bonds. The van der Waals surface area contributed by atoms with E-state index in [1.165, 1.54) is 0 Å². The summed E-state index contributed by atoms with van der Waals surface area (Å²) in [7, 11) is 0. The molecule has 0 bridgehead atoms. The molecular formula is C4HClF2O2. The second kappa shape index (κ2) is 1.44. The zero-order valence-corrected chi connectivity index (χ0v) is 4.75. The van der Waals surface area contributed by atoms with Crippen molar-refractivity contribution in [1.82, 2.24) is 0 Å². The van der Waals surface area contributed by atoms with Crippen molar-refractivity contribution in [3.63, 3.8) is 0 Å². The second-order valence-electron chi connectivity index (χ2n) is 1.57. The number of ketones is 1.